The van der Waals surface area contributed by atoms with Crippen molar-refractivity contribution in [3.8, 4) is 0 Å². The first-order valence-electron chi connectivity index (χ1n) is 17.4. The summed E-state index contributed by atoms with van der Waals surface area (Å²) in [4.78, 5) is 25.8. The predicted octanol–water partition coefficient (Wildman–Crippen LogP) is 8.74. The quantitative estimate of drug-likeness (QED) is 0.0988. The zero-order valence-corrected chi connectivity index (χ0v) is 33.3. The lowest BCUT2D eigenvalue weighted by molar-refractivity contribution is -0.109. The van der Waals surface area contributed by atoms with Crippen LogP contribution in [0.4, 0.5) is 10.1 Å². The van der Waals surface area contributed by atoms with E-state index in [2.05, 4.69) is 93.5 Å². The van der Waals surface area contributed by atoms with Crippen LogP contribution in [0, 0.1) is 11.3 Å². The summed E-state index contributed by atoms with van der Waals surface area (Å²) >= 11 is 6.03. The fourth-order valence-electron chi connectivity index (χ4n) is 4.80. The van der Waals surface area contributed by atoms with Gasteiger partial charge in [-0.3, -0.25) is 23.8 Å². The smallest absolute Gasteiger partial charge is 0.211 e. The van der Waals surface area contributed by atoms with Crippen LogP contribution in [0.3, 0.4) is 0 Å². The Bertz CT molecular complexity index is 1020. The fraction of sp³-hybridized carbons (Fsp3) is 0.641. The number of nitrogens with zero attached hydrogens (tertiary/aromatic N) is 2. The Labute approximate surface area is 299 Å². The third kappa shape index (κ3) is 23.7. The van der Waals surface area contributed by atoms with E-state index < -0.39 is 0 Å². The van der Waals surface area contributed by atoms with Crippen molar-refractivity contribution in [2.24, 2.45) is 11.3 Å². The minimum absolute atomic E-state index is 0.320. The van der Waals surface area contributed by atoms with Crippen LogP contribution in [0.25, 0.3) is 0 Å². The molecule has 2 amide bonds. The molecule has 278 valence electrons. The zero-order valence-electron chi connectivity index (χ0n) is 32.5. The highest BCUT2D eigenvalue weighted by Gasteiger charge is 2.31. The largest absolute Gasteiger partial charge is 0.357 e. The molecule has 0 aromatic heterocycles. The van der Waals surface area contributed by atoms with Crippen molar-refractivity contribution in [2.75, 3.05) is 64.9 Å². The molecule has 2 saturated heterocycles. The molecule has 3 N–H and O–H groups in total. The normalized spacial score (nSPS) is 17.5. The highest BCUT2D eigenvalue weighted by atomic mass is 35.5. The van der Waals surface area contributed by atoms with Crippen molar-refractivity contribution < 1.29 is 14.0 Å². The molecule has 0 spiro atoms. The molecular weight excluding hydrogens is 625 g/mol. The summed E-state index contributed by atoms with van der Waals surface area (Å²) in [5, 5.41) is 9.52. The predicted molar refractivity (Wildman–Crippen MR) is 210 cm³/mol. The molecule has 0 saturated carbocycles. The number of hydrogen-bond acceptors (Lipinski definition) is 5. The summed E-state index contributed by atoms with van der Waals surface area (Å²) in [5.74, 6) is 0.718. The van der Waals surface area contributed by atoms with Crippen molar-refractivity contribution in [1.29, 1.82) is 0 Å². The van der Waals surface area contributed by atoms with Crippen LogP contribution in [0.5, 0.6) is 0 Å². The van der Waals surface area contributed by atoms with E-state index in [1.54, 1.807) is 12.1 Å². The lowest BCUT2D eigenvalue weighted by Gasteiger charge is -2.36. The minimum atomic E-state index is 0.320. The summed E-state index contributed by atoms with van der Waals surface area (Å²) in [6.45, 7) is 38.9. The molecular formula is C39H71ClFN5O2. The first-order chi connectivity index (χ1) is 22.7. The van der Waals surface area contributed by atoms with Crippen LogP contribution < -0.4 is 16.0 Å². The van der Waals surface area contributed by atoms with Crippen molar-refractivity contribution in [1.82, 2.24) is 20.4 Å². The molecule has 2 aliphatic heterocycles. The Morgan fingerprint density at radius 1 is 1.08 bits per heavy atom. The zero-order chi connectivity index (χ0) is 37.7. The lowest BCUT2D eigenvalue weighted by atomic mass is 9.83. The molecule has 2 unspecified atom stereocenters. The number of alkyl halides is 1. The van der Waals surface area contributed by atoms with Gasteiger partial charge in [-0.15, -0.1) is 6.58 Å². The van der Waals surface area contributed by atoms with Gasteiger partial charge in [-0.1, -0.05) is 95.5 Å². The number of benzene rings is 1. The molecule has 0 aliphatic carbocycles. The van der Waals surface area contributed by atoms with Gasteiger partial charge in [0.25, 0.3) is 0 Å². The highest BCUT2D eigenvalue weighted by Crippen LogP contribution is 2.38. The van der Waals surface area contributed by atoms with Crippen molar-refractivity contribution >= 4 is 30.1 Å². The van der Waals surface area contributed by atoms with Gasteiger partial charge in [-0.2, -0.15) is 0 Å². The lowest BCUT2D eigenvalue weighted by Crippen LogP contribution is -2.50. The highest BCUT2D eigenvalue weighted by molar-refractivity contribution is 6.30. The number of amides is 2. The van der Waals surface area contributed by atoms with Gasteiger partial charge in [0.2, 0.25) is 12.8 Å². The molecule has 9 heteroatoms. The topological polar surface area (TPSA) is 76.7 Å². The number of nitrogens with one attached hydrogen (secondary N) is 3. The molecule has 2 aliphatic rings. The number of rotatable bonds is 10. The molecule has 2 fully saturated rings. The van der Waals surface area contributed by atoms with E-state index >= 15 is 0 Å². The van der Waals surface area contributed by atoms with E-state index in [1.807, 2.05) is 39.8 Å². The molecule has 1 aromatic carbocycles. The van der Waals surface area contributed by atoms with E-state index in [0.717, 1.165) is 75.6 Å². The Hall–Kier alpha value is -2.52. The Morgan fingerprint density at radius 2 is 1.62 bits per heavy atom. The minimum Gasteiger partial charge on any atom is -0.357 e. The third-order valence-corrected chi connectivity index (χ3v) is 7.99. The molecule has 2 atom stereocenters. The van der Waals surface area contributed by atoms with Crippen molar-refractivity contribution in [3.05, 3.63) is 65.2 Å². The van der Waals surface area contributed by atoms with Crippen molar-refractivity contribution in [3.63, 3.8) is 0 Å². The summed E-state index contributed by atoms with van der Waals surface area (Å²) < 4.78 is 9.50. The molecule has 3 rings (SSSR count). The molecule has 1 aromatic rings. The van der Waals surface area contributed by atoms with E-state index in [4.69, 9.17) is 11.6 Å². The average Bonchev–Trinajstić information content (AvgIpc) is 3.54. The van der Waals surface area contributed by atoms with Crippen LogP contribution in [-0.4, -0.2) is 88.2 Å². The monoisotopic (exact) mass is 696 g/mol. The SMILES string of the molecule is C=C(C)/C=C(\C)C1CNCC1c1ccc(Cl)cc1NC=O.C=CC.CC.CC(C)N1CCN(CCNC=O)CC1.CCC(C)(C)C.CF. The second kappa shape index (κ2) is 30.5. The number of halogens is 2. The van der Waals surface area contributed by atoms with E-state index in [1.165, 1.54) is 12.0 Å². The summed E-state index contributed by atoms with van der Waals surface area (Å²) in [6.07, 6.45) is 6.62. The first-order valence-corrected chi connectivity index (χ1v) is 17.7. The van der Waals surface area contributed by atoms with Crippen LogP contribution >= 0.6 is 11.6 Å². The van der Waals surface area contributed by atoms with Gasteiger partial charge in [0.1, 0.15) is 0 Å². The summed E-state index contributed by atoms with van der Waals surface area (Å²) in [5.41, 5.74) is 4.82. The maximum absolute atomic E-state index is 10.8. The maximum Gasteiger partial charge on any atom is 0.211 e. The van der Waals surface area contributed by atoms with Crippen LogP contribution in [0.1, 0.15) is 94.1 Å². The number of anilines is 1. The number of allylic oxidation sites excluding steroid dienone is 3. The van der Waals surface area contributed by atoms with E-state index in [-0.39, 0.29) is 0 Å². The van der Waals surface area contributed by atoms with Gasteiger partial charge in [0, 0.05) is 80.9 Å². The van der Waals surface area contributed by atoms with Gasteiger partial charge in [-0.25, -0.2) is 0 Å². The second-order valence-corrected chi connectivity index (χ2v) is 13.4. The number of carbonyl (C=O) groups excluding carboxylic acids is 2. The number of hydrogen-bond donors (Lipinski definition) is 3. The Balaban J connectivity index is -0.000000645. The number of piperazine rings is 1. The second-order valence-electron chi connectivity index (χ2n) is 13.0. The molecule has 7 nitrogen and oxygen atoms in total. The van der Waals surface area contributed by atoms with E-state index in [0.29, 0.717) is 41.9 Å². The van der Waals surface area contributed by atoms with Gasteiger partial charge in [-0.05, 0) is 57.7 Å². The van der Waals surface area contributed by atoms with Gasteiger partial charge >= 0.3 is 0 Å². The average molecular weight is 696 g/mol. The maximum atomic E-state index is 10.8. The van der Waals surface area contributed by atoms with Gasteiger partial charge in [0.05, 0.1) is 7.18 Å². The molecule has 0 bridgehead atoms. The van der Waals surface area contributed by atoms with Crippen LogP contribution in [0.15, 0.2) is 54.7 Å². The summed E-state index contributed by atoms with van der Waals surface area (Å²) in [6, 6.07) is 6.34. The van der Waals surface area contributed by atoms with Gasteiger partial charge < -0.3 is 16.0 Å². The molecule has 0 radical (unpaired) electrons. The standard InChI is InChI=1S/C17H21ClN2O.C10H21N3O.C6H14.C3H6.C2H6.CH3F/c1-11(2)6-12(3)15-8-19-9-16(15)14-5-4-13(18)7-17(14)20-10-21;1-10(2)13-7-5-12(6-8-13)4-3-11-9-14;1-5-6(2,3)4;1-3-2;2*1-2/h4-7,10,15-16,19H,1,8-9H2,2-3H3,(H,20,21);9-10H,3-8H2,1-2H3,(H,11,14);5H2,1-4H3;3H,1H2,2H3;1-2H3;1H3/b12-6+;;;;;. The molecule has 48 heavy (non-hydrogen) atoms. The van der Waals surface area contributed by atoms with Crippen LogP contribution in [0.2, 0.25) is 5.02 Å². The van der Waals surface area contributed by atoms with E-state index in [9.17, 15) is 14.0 Å². The third-order valence-electron chi connectivity index (χ3n) is 7.76. The van der Waals surface area contributed by atoms with Gasteiger partial charge in [0.15, 0.2) is 0 Å². The summed E-state index contributed by atoms with van der Waals surface area (Å²) in [7, 11) is 0.500. The Morgan fingerprint density at radius 3 is 2.06 bits per heavy atom. The Kier molecular flexibility index (Phi) is 31.7. The fourth-order valence-corrected chi connectivity index (χ4v) is 4.98. The molecule has 2 heterocycles. The van der Waals surface area contributed by atoms with Crippen molar-refractivity contribution in [2.45, 2.75) is 94.5 Å². The van der Waals surface area contributed by atoms with Crippen LogP contribution in [-0.2, 0) is 9.59 Å². The number of carbonyl (C=O) groups is 2. The first kappa shape index (κ1) is 49.9.